The zero-order chi connectivity index (χ0) is 12.7. The van der Waals surface area contributed by atoms with Gasteiger partial charge in [0.2, 0.25) is 0 Å². The Morgan fingerprint density at radius 2 is 2.11 bits per heavy atom. The first-order chi connectivity index (χ1) is 8.66. The lowest BCUT2D eigenvalue weighted by molar-refractivity contribution is 0.475. The summed E-state index contributed by atoms with van der Waals surface area (Å²) in [4.78, 5) is 3.17. The molecule has 0 aliphatic carbocycles. The molecule has 0 unspecified atom stereocenters. The highest BCUT2D eigenvalue weighted by molar-refractivity contribution is 9.10. The number of hydrogen-bond donors (Lipinski definition) is 1. The van der Waals surface area contributed by atoms with Crippen LogP contribution in [0.25, 0.3) is 11.0 Å². The van der Waals surface area contributed by atoms with Gasteiger partial charge in [0.15, 0.2) is 4.77 Å². The van der Waals surface area contributed by atoms with Crippen LogP contribution in [0.1, 0.15) is 18.9 Å². The fourth-order valence-corrected chi connectivity index (χ4v) is 4.21. The molecule has 6 heteroatoms. The van der Waals surface area contributed by atoms with Crippen LogP contribution in [0.3, 0.4) is 0 Å². The predicted octanol–water partition coefficient (Wildman–Crippen LogP) is 4.67. The number of imidazole rings is 1. The molecule has 3 rings (SSSR count). The predicted molar refractivity (Wildman–Crippen MR) is 80.4 cm³/mol. The number of thioether (sulfide) groups is 1. The van der Waals surface area contributed by atoms with Gasteiger partial charge in [-0.2, -0.15) is 11.8 Å². The van der Waals surface area contributed by atoms with Gasteiger partial charge in [-0.15, -0.1) is 0 Å². The fraction of sp³-hybridized carbons (Fsp3) is 0.417. The van der Waals surface area contributed by atoms with Gasteiger partial charge in [-0.05, 0) is 58.6 Å². The minimum Gasteiger partial charge on any atom is -0.331 e. The summed E-state index contributed by atoms with van der Waals surface area (Å²) >= 11 is 10.6. The summed E-state index contributed by atoms with van der Waals surface area (Å²) in [5.41, 5.74) is 1.77. The van der Waals surface area contributed by atoms with Gasteiger partial charge in [0.25, 0.3) is 0 Å². The molecule has 1 saturated heterocycles. The summed E-state index contributed by atoms with van der Waals surface area (Å²) in [5.74, 6) is 2.06. The Morgan fingerprint density at radius 3 is 2.83 bits per heavy atom. The number of halogens is 2. The van der Waals surface area contributed by atoms with E-state index < -0.39 is 0 Å². The highest BCUT2D eigenvalue weighted by Gasteiger charge is 2.19. The maximum Gasteiger partial charge on any atom is 0.178 e. The van der Waals surface area contributed by atoms with Crippen molar-refractivity contribution in [1.82, 2.24) is 9.55 Å². The van der Waals surface area contributed by atoms with E-state index in [1.165, 1.54) is 0 Å². The number of nitrogens with zero attached hydrogens (tertiary/aromatic N) is 1. The summed E-state index contributed by atoms with van der Waals surface area (Å²) in [5, 5.41) is 0. The summed E-state index contributed by atoms with van der Waals surface area (Å²) < 4.78 is 16.9. The minimum absolute atomic E-state index is 0.240. The molecule has 0 bridgehead atoms. The van der Waals surface area contributed by atoms with E-state index in [2.05, 4.69) is 25.5 Å². The molecule has 0 spiro atoms. The Kier molecular flexibility index (Phi) is 3.51. The number of H-pyrrole nitrogens is 1. The lowest BCUT2D eigenvalue weighted by atomic mass is 10.1. The summed E-state index contributed by atoms with van der Waals surface area (Å²) in [6, 6.07) is 3.72. The summed E-state index contributed by atoms with van der Waals surface area (Å²) in [6.45, 7) is 0. The van der Waals surface area contributed by atoms with Gasteiger partial charge in [-0.25, -0.2) is 4.39 Å². The molecular weight excluding hydrogens is 335 g/mol. The van der Waals surface area contributed by atoms with E-state index >= 15 is 0 Å². The molecule has 1 aromatic heterocycles. The van der Waals surface area contributed by atoms with Gasteiger partial charge in [-0.1, -0.05) is 0 Å². The Balaban J connectivity index is 2.18. The minimum atomic E-state index is -0.240. The number of aromatic amines is 1. The lowest BCUT2D eigenvalue weighted by Gasteiger charge is -2.23. The third-order valence-electron chi connectivity index (χ3n) is 3.31. The van der Waals surface area contributed by atoms with Crippen LogP contribution in [0.5, 0.6) is 0 Å². The second-order valence-corrected chi connectivity index (χ2v) is 6.89. The lowest BCUT2D eigenvalue weighted by Crippen LogP contribution is -2.15. The van der Waals surface area contributed by atoms with Crippen molar-refractivity contribution in [3.05, 3.63) is 27.2 Å². The number of hydrogen-bond acceptors (Lipinski definition) is 2. The van der Waals surface area contributed by atoms with E-state index in [9.17, 15) is 4.39 Å². The Bertz CT molecular complexity index is 643. The third kappa shape index (κ3) is 2.14. The molecule has 1 aromatic carbocycles. The maximum atomic E-state index is 13.7. The van der Waals surface area contributed by atoms with Crippen molar-refractivity contribution >= 4 is 50.9 Å². The van der Waals surface area contributed by atoms with Crippen LogP contribution in [0.2, 0.25) is 0 Å². The molecule has 0 radical (unpaired) electrons. The van der Waals surface area contributed by atoms with E-state index in [1.807, 2.05) is 11.8 Å². The van der Waals surface area contributed by atoms with Crippen molar-refractivity contribution in [2.75, 3.05) is 11.5 Å². The van der Waals surface area contributed by atoms with Crippen LogP contribution < -0.4 is 0 Å². The largest absolute Gasteiger partial charge is 0.331 e. The number of benzene rings is 1. The van der Waals surface area contributed by atoms with Crippen LogP contribution in [0, 0.1) is 10.6 Å². The Morgan fingerprint density at radius 1 is 1.39 bits per heavy atom. The quantitative estimate of drug-likeness (QED) is 0.757. The molecule has 1 fully saturated rings. The standard InChI is InChI=1S/C12H12BrFN2S2/c13-8-5-10-11(6-9(8)14)16(12(17)15-10)7-1-3-18-4-2-7/h5-7H,1-4H2,(H,15,17). The molecule has 1 N–H and O–H groups in total. The summed E-state index contributed by atoms with van der Waals surface area (Å²) in [6.07, 6.45) is 2.20. The SMILES string of the molecule is Fc1cc2c(cc1Br)[nH]c(=S)n2C1CCSCC1. The third-order valence-corrected chi connectivity index (χ3v) is 5.27. The molecule has 1 aliphatic heterocycles. The van der Waals surface area contributed by atoms with Crippen molar-refractivity contribution in [2.24, 2.45) is 0 Å². The molecule has 0 saturated carbocycles. The zero-order valence-electron chi connectivity index (χ0n) is 9.58. The molecular formula is C12H12BrFN2S2. The highest BCUT2D eigenvalue weighted by atomic mass is 79.9. The monoisotopic (exact) mass is 346 g/mol. The second-order valence-electron chi connectivity index (χ2n) is 4.43. The van der Waals surface area contributed by atoms with Crippen molar-refractivity contribution in [1.29, 1.82) is 0 Å². The van der Waals surface area contributed by atoms with Gasteiger partial charge in [-0.3, -0.25) is 0 Å². The molecule has 2 nitrogen and oxygen atoms in total. The Hall–Kier alpha value is -0.330. The van der Waals surface area contributed by atoms with Gasteiger partial charge >= 0.3 is 0 Å². The molecule has 96 valence electrons. The normalized spacial score (nSPS) is 17.4. The first-order valence-corrected chi connectivity index (χ1v) is 8.19. The molecule has 2 heterocycles. The second kappa shape index (κ2) is 4.98. The van der Waals surface area contributed by atoms with Crippen LogP contribution in [-0.2, 0) is 0 Å². The molecule has 2 aromatic rings. The molecule has 1 aliphatic rings. The van der Waals surface area contributed by atoms with Crippen LogP contribution in [0.4, 0.5) is 4.39 Å². The van der Waals surface area contributed by atoms with Crippen molar-refractivity contribution in [2.45, 2.75) is 18.9 Å². The van der Waals surface area contributed by atoms with Crippen LogP contribution in [-0.4, -0.2) is 21.1 Å². The first-order valence-electron chi connectivity index (χ1n) is 5.84. The van der Waals surface area contributed by atoms with Gasteiger partial charge in [0, 0.05) is 12.1 Å². The first kappa shape index (κ1) is 12.7. The number of aromatic nitrogens is 2. The van der Waals surface area contributed by atoms with Gasteiger partial charge in [0.05, 0.1) is 15.5 Å². The molecule has 18 heavy (non-hydrogen) atoms. The average molecular weight is 347 g/mol. The maximum absolute atomic E-state index is 13.7. The highest BCUT2D eigenvalue weighted by Crippen LogP contribution is 2.32. The van der Waals surface area contributed by atoms with Crippen molar-refractivity contribution in [3.8, 4) is 0 Å². The Labute approximate surface area is 122 Å². The molecule has 0 atom stereocenters. The van der Waals surface area contributed by atoms with E-state index in [-0.39, 0.29) is 5.82 Å². The van der Waals surface area contributed by atoms with E-state index in [0.717, 1.165) is 35.4 Å². The van der Waals surface area contributed by atoms with Crippen LogP contribution >= 0.6 is 39.9 Å². The van der Waals surface area contributed by atoms with E-state index in [0.29, 0.717) is 15.3 Å². The van der Waals surface area contributed by atoms with Crippen molar-refractivity contribution in [3.63, 3.8) is 0 Å². The zero-order valence-corrected chi connectivity index (χ0v) is 12.8. The van der Waals surface area contributed by atoms with Crippen LogP contribution in [0.15, 0.2) is 16.6 Å². The fourth-order valence-electron chi connectivity index (χ4n) is 2.43. The number of rotatable bonds is 1. The topological polar surface area (TPSA) is 20.7 Å². The van der Waals surface area contributed by atoms with Gasteiger partial charge < -0.3 is 9.55 Å². The van der Waals surface area contributed by atoms with Crippen molar-refractivity contribution < 1.29 is 4.39 Å². The van der Waals surface area contributed by atoms with Gasteiger partial charge in [0.1, 0.15) is 5.82 Å². The van der Waals surface area contributed by atoms with E-state index in [4.69, 9.17) is 12.2 Å². The number of nitrogens with one attached hydrogen (secondary N) is 1. The van der Waals surface area contributed by atoms with E-state index in [1.54, 1.807) is 12.1 Å². The summed E-state index contributed by atoms with van der Waals surface area (Å²) in [7, 11) is 0. The average Bonchev–Trinajstić information content (AvgIpc) is 2.66. The smallest absolute Gasteiger partial charge is 0.178 e. The number of fused-ring (bicyclic) bond motifs is 1. The molecule has 0 amide bonds.